The Bertz CT molecular complexity index is 553. The lowest BCUT2D eigenvalue weighted by molar-refractivity contribution is 0.342. The Kier molecular flexibility index (Phi) is 4.16. The Morgan fingerprint density at radius 1 is 1.40 bits per heavy atom. The van der Waals surface area contributed by atoms with Gasteiger partial charge >= 0.3 is 0 Å². The molecular formula is C17H23N3. The van der Waals surface area contributed by atoms with E-state index in [1.807, 2.05) is 12.5 Å². The highest BCUT2D eigenvalue weighted by Crippen LogP contribution is 2.22. The largest absolute Gasteiger partial charge is 0.331 e. The van der Waals surface area contributed by atoms with Crippen LogP contribution in [-0.4, -0.2) is 22.6 Å². The molecule has 2 aromatic rings. The molecule has 1 aromatic heterocycles. The SMILES string of the molecule is Cc1cccc(-c2cncn2CCC2CCCNC2)c1. The van der Waals surface area contributed by atoms with Gasteiger partial charge in [0.15, 0.2) is 0 Å². The summed E-state index contributed by atoms with van der Waals surface area (Å²) < 4.78 is 2.30. The Hall–Kier alpha value is -1.61. The minimum atomic E-state index is 0.816. The van der Waals surface area contributed by atoms with Crippen LogP contribution in [0.1, 0.15) is 24.8 Å². The van der Waals surface area contributed by atoms with E-state index in [0.717, 1.165) is 12.5 Å². The van der Waals surface area contributed by atoms with Crippen molar-refractivity contribution < 1.29 is 0 Å². The average molecular weight is 269 g/mol. The minimum absolute atomic E-state index is 0.816. The van der Waals surface area contributed by atoms with Crippen molar-refractivity contribution in [1.82, 2.24) is 14.9 Å². The topological polar surface area (TPSA) is 29.9 Å². The Labute approximate surface area is 121 Å². The van der Waals surface area contributed by atoms with Crippen molar-refractivity contribution in [2.45, 2.75) is 32.7 Å². The third kappa shape index (κ3) is 3.10. The zero-order valence-corrected chi connectivity index (χ0v) is 12.2. The molecule has 0 bridgehead atoms. The van der Waals surface area contributed by atoms with Crippen molar-refractivity contribution in [1.29, 1.82) is 0 Å². The number of imidazole rings is 1. The van der Waals surface area contributed by atoms with Crippen LogP contribution in [0.2, 0.25) is 0 Å². The van der Waals surface area contributed by atoms with Crippen LogP contribution in [0.15, 0.2) is 36.8 Å². The highest BCUT2D eigenvalue weighted by molar-refractivity contribution is 5.59. The first-order valence-corrected chi connectivity index (χ1v) is 7.61. The van der Waals surface area contributed by atoms with Crippen LogP contribution in [0.4, 0.5) is 0 Å². The highest BCUT2D eigenvalue weighted by atomic mass is 15.0. The van der Waals surface area contributed by atoms with E-state index in [0.29, 0.717) is 0 Å². The average Bonchev–Trinajstić information content (AvgIpc) is 2.95. The molecular weight excluding hydrogens is 246 g/mol. The van der Waals surface area contributed by atoms with Crippen molar-refractivity contribution in [2.24, 2.45) is 5.92 Å². The number of nitrogens with zero attached hydrogens (tertiary/aromatic N) is 2. The van der Waals surface area contributed by atoms with Gasteiger partial charge in [-0.25, -0.2) is 4.98 Å². The highest BCUT2D eigenvalue weighted by Gasteiger charge is 2.13. The monoisotopic (exact) mass is 269 g/mol. The predicted octanol–water partition coefficient (Wildman–Crippen LogP) is 3.25. The second-order valence-corrected chi connectivity index (χ2v) is 5.84. The van der Waals surface area contributed by atoms with E-state index in [9.17, 15) is 0 Å². The lowest BCUT2D eigenvalue weighted by atomic mass is 9.96. The molecule has 1 N–H and O–H groups in total. The summed E-state index contributed by atoms with van der Waals surface area (Å²) in [6.45, 7) is 5.57. The van der Waals surface area contributed by atoms with Crippen molar-refractivity contribution >= 4 is 0 Å². The number of hydrogen-bond acceptors (Lipinski definition) is 2. The van der Waals surface area contributed by atoms with Crippen molar-refractivity contribution in [3.05, 3.63) is 42.4 Å². The van der Waals surface area contributed by atoms with E-state index in [1.165, 1.54) is 49.2 Å². The summed E-state index contributed by atoms with van der Waals surface area (Å²) in [6, 6.07) is 8.66. The summed E-state index contributed by atoms with van der Waals surface area (Å²) in [5.74, 6) is 0.816. The van der Waals surface area contributed by atoms with Crippen LogP contribution in [0.3, 0.4) is 0 Å². The molecule has 1 fully saturated rings. The van der Waals surface area contributed by atoms with E-state index in [-0.39, 0.29) is 0 Å². The number of aryl methyl sites for hydroxylation is 2. The zero-order valence-electron chi connectivity index (χ0n) is 12.2. The van der Waals surface area contributed by atoms with Gasteiger partial charge in [0.2, 0.25) is 0 Å². The van der Waals surface area contributed by atoms with Crippen molar-refractivity contribution in [3.63, 3.8) is 0 Å². The van der Waals surface area contributed by atoms with E-state index in [4.69, 9.17) is 0 Å². The maximum Gasteiger partial charge on any atom is 0.0950 e. The molecule has 3 heteroatoms. The first-order chi connectivity index (χ1) is 9.83. The van der Waals surface area contributed by atoms with Gasteiger partial charge in [-0.1, -0.05) is 23.8 Å². The number of piperidine rings is 1. The lowest BCUT2D eigenvalue weighted by Gasteiger charge is -2.23. The van der Waals surface area contributed by atoms with Gasteiger partial charge in [-0.15, -0.1) is 0 Å². The molecule has 1 saturated heterocycles. The molecule has 0 amide bonds. The van der Waals surface area contributed by atoms with Gasteiger partial charge in [0, 0.05) is 12.1 Å². The molecule has 1 unspecified atom stereocenters. The summed E-state index contributed by atoms with van der Waals surface area (Å²) in [5, 5.41) is 3.49. The maximum absolute atomic E-state index is 4.34. The molecule has 1 aliphatic heterocycles. The molecule has 3 rings (SSSR count). The van der Waals surface area contributed by atoms with Crippen LogP contribution in [0.25, 0.3) is 11.3 Å². The van der Waals surface area contributed by atoms with Crippen LogP contribution < -0.4 is 5.32 Å². The smallest absolute Gasteiger partial charge is 0.0950 e. The first kappa shape index (κ1) is 13.4. The molecule has 106 valence electrons. The van der Waals surface area contributed by atoms with Gasteiger partial charge in [0.05, 0.1) is 18.2 Å². The van der Waals surface area contributed by atoms with Gasteiger partial charge in [-0.2, -0.15) is 0 Å². The molecule has 0 spiro atoms. The third-order valence-corrected chi connectivity index (χ3v) is 4.20. The Morgan fingerprint density at radius 3 is 3.15 bits per heavy atom. The van der Waals surface area contributed by atoms with E-state index >= 15 is 0 Å². The Morgan fingerprint density at radius 2 is 2.35 bits per heavy atom. The van der Waals surface area contributed by atoms with Crippen LogP contribution in [-0.2, 0) is 6.54 Å². The lowest BCUT2D eigenvalue weighted by Crippen LogP contribution is -2.30. The van der Waals surface area contributed by atoms with Crippen LogP contribution in [0, 0.1) is 12.8 Å². The molecule has 3 nitrogen and oxygen atoms in total. The maximum atomic E-state index is 4.34. The van der Waals surface area contributed by atoms with E-state index in [2.05, 4.69) is 46.1 Å². The van der Waals surface area contributed by atoms with Gasteiger partial charge in [-0.3, -0.25) is 0 Å². The molecule has 1 aromatic carbocycles. The third-order valence-electron chi connectivity index (χ3n) is 4.20. The van der Waals surface area contributed by atoms with Crippen molar-refractivity contribution in [3.8, 4) is 11.3 Å². The molecule has 0 saturated carbocycles. The number of rotatable bonds is 4. The standard InChI is InChI=1S/C17H23N3/c1-14-4-2-6-16(10-14)17-12-19-13-20(17)9-7-15-5-3-8-18-11-15/h2,4,6,10,12-13,15,18H,3,5,7-9,11H2,1H3. The summed E-state index contributed by atoms with van der Waals surface area (Å²) in [4.78, 5) is 4.34. The summed E-state index contributed by atoms with van der Waals surface area (Å²) in [6.07, 6.45) is 7.87. The van der Waals surface area contributed by atoms with Gasteiger partial charge < -0.3 is 9.88 Å². The number of benzene rings is 1. The van der Waals surface area contributed by atoms with Crippen LogP contribution in [0.5, 0.6) is 0 Å². The van der Waals surface area contributed by atoms with Crippen LogP contribution >= 0.6 is 0 Å². The van der Waals surface area contributed by atoms with Gasteiger partial charge in [0.25, 0.3) is 0 Å². The molecule has 0 aliphatic carbocycles. The van der Waals surface area contributed by atoms with E-state index < -0.39 is 0 Å². The number of hydrogen-bond donors (Lipinski definition) is 1. The fraction of sp³-hybridized carbons (Fsp3) is 0.471. The fourth-order valence-electron chi connectivity index (χ4n) is 3.04. The summed E-state index contributed by atoms with van der Waals surface area (Å²) >= 11 is 0. The fourth-order valence-corrected chi connectivity index (χ4v) is 3.04. The number of nitrogens with one attached hydrogen (secondary N) is 1. The van der Waals surface area contributed by atoms with E-state index in [1.54, 1.807) is 0 Å². The Balaban J connectivity index is 1.70. The predicted molar refractivity (Wildman–Crippen MR) is 82.6 cm³/mol. The summed E-state index contributed by atoms with van der Waals surface area (Å²) in [5.41, 5.74) is 3.80. The van der Waals surface area contributed by atoms with Crippen molar-refractivity contribution in [2.75, 3.05) is 13.1 Å². The second kappa shape index (κ2) is 6.23. The molecule has 20 heavy (non-hydrogen) atoms. The molecule has 1 aliphatic rings. The molecule has 1 atom stereocenters. The molecule has 0 radical (unpaired) electrons. The zero-order chi connectivity index (χ0) is 13.8. The minimum Gasteiger partial charge on any atom is -0.331 e. The van der Waals surface area contributed by atoms with Gasteiger partial charge in [0.1, 0.15) is 0 Å². The first-order valence-electron chi connectivity index (χ1n) is 7.61. The normalized spacial score (nSPS) is 19.1. The molecule has 2 heterocycles. The van der Waals surface area contributed by atoms with Gasteiger partial charge in [-0.05, 0) is 51.3 Å². The summed E-state index contributed by atoms with van der Waals surface area (Å²) in [7, 11) is 0. The number of aromatic nitrogens is 2. The quantitative estimate of drug-likeness (QED) is 0.923. The second-order valence-electron chi connectivity index (χ2n) is 5.84.